The summed E-state index contributed by atoms with van der Waals surface area (Å²) in [6.45, 7) is 9.77. The predicted molar refractivity (Wildman–Crippen MR) is 107 cm³/mol. The molecule has 1 heterocycles. The van der Waals surface area contributed by atoms with Crippen LogP contribution in [-0.4, -0.2) is 67.6 Å². The molecule has 0 spiro atoms. The highest BCUT2D eigenvalue weighted by Crippen LogP contribution is 2.13. The average Bonchev–Trinajstić information content (AvgIpc) is 2.60. The van der Waals surface area contributed by atoms with Gasteiger partial charge in [-0.05, 0) is 45.0 Å². The molecule has 0 saturated carbocycles. The maximum absolute atomic E-state index is 12.6. The quantitative estimate of drug-likeness (QED) is 0.616. The molecule has 0 aliphatic carbocycles. The highest BCUT2D eigenvalue weighted by molar-refractivity contribution is 5.95. The summed E-state index contributed by atoms with van der Waals surface area (Å²) in [5, 5.41) is 5.46. The third-order valence-electron chi connectivity index (χ3n) is 4.58. The standard InChI is InChI=1S/C20H30N4O4/c1-5-24(20(27)13-23-10-14(2)28-15(3)11-23)12-19(26)22-18-8-6-17(7-9-18)21-16(4)25/h6-9,14-15H,5,10-13H2,1-4H3,(H,21,25)(H,22,26)/p+1/t14-,15+. The van der Waals surface area contributed by atoms with Crippen molar-refractivity contribution in [3.63, 3.8) is 0 Å². The number of ether oxygens (including phenoxy) is 1. The predicted octanol–water partition coefficient (Wildman–Crippen LogP) is 0.124. The molecule has 1 aliphatic heterocycles. The fourth-order valence-electron chi connectivity index (χ4n) is 3.45. The molecule has 8 nitrogen and oxygen atoms in total. The topological polar surface area (TPSA) is 92.2 Å². The molecule has 2 rings (SSSR count). The second-order valence-electron chi connectivity index (χ2n) is 7.31. The van der Waals surface area contributed by atoms with E-state index >= 15 is 0 Å². The molecule has 1 aliphatic rings. The number of carbonyl (C=O) groups is 3. The zero-order chi connectivity index (χ0) is 20.7. The highest BCUT2D eigenvalue weighted by Gasteiger charge is 2.29. The van der Waals surface area contributed by atoms with Crippen LogP contribution in [0.2, 0.25) is 0 Å². The normalized spacial score (nSPS) is 21.6. The molecule has 28 heavy (non-hydrogen) atoms. The van der Waals surface area contributed by atoms with E-state index in [0.717, 1.165) is 13.1 Å². The summed E-state index contributed by atoms with van der Waals surface area (Å²) >= 11 is 0. The van der Waals surface area contributed by atoms with Crippen molar-refractivity contribution in [2.75, 3.05) is 43.4 Å². The lowest BCUT2D eigenvalue weighted by Gasteiger charge is -2.33. The average molecular weight is 391 g/mol. The number of morpholine rings is 1. The van der Waals surface area contributed by atoms with Gasteiger partial charge in [-0.15, -0.1) is 0 Å². The summed E-state index contributed by atoms with van der Waals surface area (Å²) < 4.78 is 5.71. The first kappa shape index (κ1) is 21.8. The van der Waals surface area contributed by atoms with Gasteiger partial charge in [0, 0.05) is 24.8 Å². The zero-order valence-corrected chi connectivity index (χ0v) is 17.1. The lowest BCUT2D eigenvalue weighted by molar-refractivity contribution is -0.907. The van der Waals surface area contributed by atoms with Crippen LogP contribution >= 0.6 is 0 Å². The first-order valence-corrected chi connectivity index (χ1v) is 9.71. The van der Waals surface area contributed by atoms with Crippen molar-refractivity contribution in [3.05, 3.63) is 24.3 Å². The smallest absolute Gasteiger partial charge is 0.278 e. The Morgan fingerprint density at radius 3 is 2.11 bits per heavy atom. The first-order chi connectivity index (χ1) is 13.3. The van der Waals surface area contributed by atoms with Gasteiger partial charge >= 0.3 is 0 Å². The van der Waals surface area contributed by atoms with Crippen LogP contribution in [0, 0.1) is 0 Å². The Labute approximate surface area is 166 Å². The molecule has 3 atom stereocenters. The number of nitrogens with zero attached hydrogens (tertiary/aromatic N) is 1. The van der Waals surface area contributed by atoms with Crippen molar-refractivity contribution in [1.82, 2.24) is 4.90 Å². The van der Waals surface area contributed by atoms with Crippen LogP contribution < -0.4 is 15.5 Å². The van der Waals surface area contributed by atoms with E-state index in [1.165, 1.54) is 11.8 Å². The van der Waals surface area contributed by atoms with Gasteiger partial charge < -0.3 is 25.2 Å². The number of carbonyl (C=O) groups excluding carboxylic acids is 3. The summed E-state index contributed by atoms with van der Waals surface area (Å²) in [6.07, 6.45) is 0.260. The minimum atomic E-state index is -0.249. The van der Waals surface area contributed by atoms with Gasteiger partial charge in [0.15, 0.2) is 6.54 Å². The van der Waals surface area contributed by atoms with Gasteiger partial charge in [0.25, 0.3) is 5.91 Å². The maximum atomic E-state index is 12.6. The van der Waals surface area contributed by atoms with Crippen LogP contribution in [0.25, 0.3) is 0 Å². The number of likely N-dealkylation sites (N-methyl/N-ethyl adjacent to an activating group) is 1. The van der Waals surface area contributed by atoms with Crippen molar-refractivity contribution in [2.45, 2.75) is 39.9 Å². The number of anilines is 2. The zero-order valence-electron chi connectivity index (χ0n) is 17.1. The molecule has 0 radical (unpaired) electrons. The summed E-state index contributed by atoms with van der Waals surface area (Å²) in [7, 11) is 0. The minimum absolute atomic E-state index is 0.0116. The van der Waals surface area contributed by atoms with E-state index in [0.29, 0.717) is 24.5 Å². The Bertz CT molecular complexity index is 682. The molecule has 0 aromatic heterocycles. The second kappa shape index (κ2) is 10.2. The molecule has 3 amide bonds. The Hall–Kier alpha value is -2.45. The van der Waals surface area contributed by atoms with Crippen LogP contribution in [0.1, 0.15) is 27.7 Å². The van der Waals surface area contributed by atoms with Crippen molar-refractivity contribution >= 4 is 29.1 Å². The molecule has 3 N–H and O–H groups in total. The fourth-order valence-corrected chi connectivity index (χ4v) is 3.45. The van der Waals surface area contributed by atoms with Gasteiger partial charge in [0.05, 0.1) is 0 Å². The number of amides is 3. The Balaban J connectivity index is 1.86. The third kappa shape index (κ3) is 6.94. The maximum Gasteiger partial charge on any atom is 0.278 e. The van der Waals surface area contributed by atoms with Gasteiger partial charge in [-0.1, -0.05) is 0 Å². The molecule has 1 aromatic rings. The first-order valence-electron chi connectivity index (χ1n) is 9.71. The van der Waals surface area contributed by atoms with Crippen LogP contribution in [0.15, 0.2) is 24.3 Å². The van der Waals surface area contributed by atoms with Crippen LogP contribution in [0.5, 0.6) is 0 Å². The minimum Gasteiger partial charge on any atom is -0.364 e. The summed E-state index contributed by atoms with van der Waals surface area (Å²) in [6, 6.07) is 6.84. The van der Waals surface area contributed by atoms with E-state index in [1.807, 2.05) is 20.8 Å². The monoisotopic (exact) mass is 391 g/mol. The van der Waals surface area contributed by atoms with E-state index in [9.17, 15) is 14.4 Å². The number of benzene rings is 1. The van der Waals surface area contributed by atoms with Crippen LogP contribution in [0.3, 0.4) is 0 Å². The van der Waals surface area contributed by atoms with Crippen LogP contribution in [0.4, 0.5) is 11.4 Å². The van der Waals surface area contributed by atoms with Crippen LogP contribution in [-0.2, 0) is 19.1 Å². The summed E-state index contributed by atoms with van der Waals surface area (Å²) in [4.78, 5) is 38.8. The Morgan fingerprint density at radius 1 is 1.07 bits per heavy atom. The number of hydrogen-bond donors (Lipinski definition) is 3. The van der Waals surface area contributed by atoms with E-state index < -0.39 is 0 Å². The Kier molecular flexibility index (Phi) is 7.95. The van der Waals surface area contributed by atoms with Gasteiger partial charge in [-0.25, -0.2) is 0 Å². The van der Waals surface area contributed by atoms with Crippen molar-refractivity contribution < 1.29 is 24.0 Å². The molecule has 1 unspecified atom stereocenters. The van der Waals surface area contributed by atoms with E-state index in [2.05, 4.69) is 10.6 Å². The molecular weight excluding hydrogens is 360 g/mol. The summed E-state index contributed by atoms with van der Waals surface area (Å²) in [5.41, 5.74) is 1.27. The van der Waals surface area contributed by atoms with Gasteiger partial charge in [0.2, 0.25) is 11.8 Å². The number of nitrogens with one attached hydrogen (secondary N) is 3. The van der Waals surface area contributed by atoms with Gasteiger partial charge in [-0.2, -0.15) is 0 Å². The number of quaternary nitrogens is 1. The third-order valence-corrected chi connectivity index (χ3v) is 4.58. The lowest BCUT2D eigenvalue weighted by atomic mass is 10.2. The van der Waals surface area contributed by atoms with Gasteiger partial charge in [-0.3, -0.25) is 14.4 Å². The second-order valence-corrected chi connectivity index (χ2v) is 7.31. The molecule has 154 valence electrons. The highest BCUT2D eigenvalue weighted by atomic mass is 16.5. The molecule has 1 saturated heterocycles. The SMILES string of the molecule is CCN(CC(=O)Nc1ccc(NC(C)=O)cc1)C(=O)C[NH+]1C[C@@H](C)O[C@@H](C)C1. The van der Waals surface area contributed by atoms with Crippen molar-refractivity contribution in [1.29, 1.82) is 0 Å². The molecular formula is C20H31N4O4+. The molecule has 1 fully saturated rings. The van der Waals surface area contributed by atoms with E-state index in [1.54, 1.807) is 29.2 Å². The molecule has 1 aromatic carbocycles. The number of hydrogen-bond acceptors (Lipinski definition) is 4. The van der Waals surface area contributed by atoms with Gasteiger partial charge in [0.1, 0.15) is 31.8 Å². The fraction of sp³-hybridized carbons (Fsp3) is 0.550. The molecule has 0 bridgehead atoms. The largest absolute Gasteiger partial charge is 0.364 e. The number of rotatable bonds is 7. The Morgan fingerprint density at radius 2 is 1.61 bits per heavy atom. The van der Waals surface area contributed by atoms with E-state index in [4.69, 9.17) is 4.74 Å². The lowest BCUT2D eigenvalue weighted by Crippen LogP contribution is -3.16. The summed E-state index contributed by atoms with van der Waals surface area (Å²) in [5.74, 6) is -0.434. The van der Waals surface area contributed by atoms with Crippen molar-refractivity contribution in [3.8, 4) is 0 Å². The van der Waals surface area contributed by atoms with E-state index in [-0.39, 0.29) is 36.5 Å². The molecule has 8 heteroatoms. The van der Waals surface area contributed by atoms with Crippen molar-refractivity contribution in [2.24, 2.45) is 0 Å².